The van der Waals surface area contributed by atoms with Gasteiger partial charge in [-0.3, -0.25) is 0 Å². The van der Waals surface area contributed by atoms with Crippen LogP contribution in [-0.4, -0.2) is 30.4 Å². The predicted octanol–water partition coefficient (Wildman–Crippen LogP) is 3.28. The maximum Gasteiger partial charge on any atom is 0.198 e. The Morgan fingerprint density at radius 2 is 2.06 bits per heavy atom. The molecule has 0 amide bonds. The standard InChI is InChI=1S/C10H11Cl2N3S/c1-15(2)6-13-10(16)14-7-3-4-8(11)9(12)5-7/h3-6H,1-2H3,(H,14,16)/b13-6+. The van der Waals surface area contributed by atoms with Crippen molar-refractivity contribution in [1.82, 2.24) is 4.90 Å². The van der Waals surface area contributed by atoms with Gasteiger partial charge >= 0.3 is 0 Å². The van der Waals surface area contributed by atoms with E-state index in [1.165, 1.54) is 0 Å². The molecule has 1 rings (SSSR count). The highest BCUT2D eigenvalue weighted by atomic mass is 35.5. The van der Waals surface area contributed by atoms with Crippen LogP contribution in [0.15, 0.2) is 23.2 Å². The number of hydrogen-bond acceptors (Lipinski definition) is 1. The largest absolute Gasteiger partial charge is 0.369 e. The Morgan fingerprint density at radius 3 is 2.62 bits per heavy atom. The summed E-state index contributed by atoms with van der Waals surface area (Å²) < 4.78 is 0. The molecule has 1 aromatic carbocycles. The lowest BCUT2D eigenvalue weighted by molar-refractivity contribution is 0.644. The van der Waals surface area contributed by atoms with Crippen LogP contribution in [0.1, 0.15) is 0 Å². The molecule has 0 atom stereocenters. The second-order valence-electron chi connectivity index (χ2n) is 3.27. The van der Waals surface area contributed by atoms with Gasteiger partial charge in [0.25, 0.3) is 0 Å². The summed E-state index contributed by atoms with van der Waals surface area (Å²) in [6.07, 6.45) is 1.62. The summed E-state index contributed by atoms with van der Waals surface area (Å²) in [5.41, 5.74) is 0.760. The summed E-state index contributed by atoms with van der Waals surface area (Å²) in [6, 6.07) is 5.18. The third kappa shape index (κ3) is 4.35. The topological polar surface area (TPSA) is 27.6 Å². The number of hydrogen-bond donors (Lipinski definition) is 1. The van der Waals surface area contributed by atoms with Crippen LogP contribution < -0.4 is 5.32 Å². The van der Waals surface area contributed by atoms with Crippen LogP contribution >= 0.6 is 35.4 Å². The fourth-order valence-electron chi connectivity index (χ4n) is 0.898. The molecule has 0 aliphatic carbocycles. The van der Waals surface area contributed by atoms with Crippen molar-refractivity contribution in [3.63, 3.8) is 0 Å². The van der Waals surface area contributed by atoms with E-state index in [9.17, 15) is 0 Å². The number of halogens is 2. The summed E-state index contributed by atoms with van der Waals surface area (Å²) >= 11 is 16.7. The monoisotopic (exact) mass is 275 g/mol. The Hall–Kier alpha value is -0.840. The first-order valence-electron chi connectivity index (χ1n) is 4.45. The molecule has 1 aromatic rings. The molecule has 0 aliphatic heterocycles. The van der Waals surface area contributed by atoms with Crippen molar-refractivity contribution in [2.75, 3.05) is 19.4 Å². The van der Waals surface area contributed by atoms with Gasteiger partial charge in [-0.25, -0.2) is 4.99 Å². The fraction of sp³-hybridized carbons (Fsp3) is 0.200. The number of anilines is 1. The van der Waals surface area contributed by atoms with Gasteiger partial charge in [0.15, 0.2) is 5.11 Å². The van der Waals surface area contributed by atoms with E-state index in [1.54, 1.807) is 29.4 Å². The maximum absolute atomic E-state index is 5.86. The summed E-state index contributed by atoms with van der Waals surface area (Å²) in [5.74, 6) is 0. The Kier molecular flexibility index (Phi) is 4.99. The minimum absolute atomic E-state index is 0.368. The molecule has 0 saturated heterocycles. The quantitative estimate of drug-likeness (QED) is 0.510. The molecular formula is C10H11Cl2N3S. The molecule has 0 aromatic heterocycles. The lowest BCUT2D eigenvalue weighted by Crippen LogP contribution is -2.12. The van der Waals surface area contributed by atoms with E-state index in [-0.39, 0.29) is 0 Å². The molecule has 0 bridgehead atoms. The third-order valence-corrected chi connectivity index (χ3v) is 2.52. The van der Waals surface area contributed by atoms with Gasteiger partial charge in [0, 0.05) is 19.8 Å². The van der Waals surface area contributed by atoms with Crippen LogP contribution in [0.2, 0.25) is 10.0 Å². The zero-order chi connectivity index (χ0) is 12.1. The Balaban J connectivity index is 2.66. The van der Waals surface area contributed by atoms with Crippen LogP contribution in [0.25, 0.3) is 0 Å². The van der Waals surface area contributed by atoms with Crippen LogP contribution in [0.3, 0.4) is 0 Å². The summed E-state index contributed by atoms with van der Waals surface area (Å²) in [6.45, 7) is 0. The first kappa shape index (κ1) is 13.2. The van der Waals surface area contributed by atoms with Crippen LogP contribution in [0.4, 0.5) is 5.69 Å². The Morgan fingerprint density at radius 1 is 1.38 bits per heavy atom. The zero-order valence-corrected chi connectivity index (χ0v) is 11.2. The van der Waals surface area contributed by atoms with Gasteiger partial charge in [0.05, 0.1) is 16.4 Å². The molecule has 0 spiro atoms. The number of benzene rings is 1. The third-order valence-electron chi connectivity index (χ3n) is 1.58. The van der Waals surface area contributed by atoms with E-state index in [0.29, 0.717) is 15.2 Å². The number of nitrogens with zero attached hydrogens (tertiary/aromatic N) is 2. The van der Waals surface area contributed by atoms with Crippen molar-refractivity contribution in [3.8, 4) is 0 Å². The summed E-state index contributed by atoms with van der Waals surface area (Å²) in [7, 11) is 3.73. The van der Waals surface area contributed by atoms with Gasteiger partial charge in [-0.1, -0.05) is 23.2 Å². The lowest BCUT2D eigenvalue weighted by atomic mass is 10.3. The Bertz CT molecular complexity index is 419. The molecule has 0 unspecified atom stereocenters. The van der Waals surface area contributed by atoms with Gasteiger partial charge in [0.2, 0.25) is 0 Å². The average molecular weight is 276 g/mol. The molecule has 16 heavy (non-hydrogen) atoms. The zero-order valence-electron chi connectivity index (χ0n) is 8.87. The van der Waals surface area contributed by atoms with Crippen molar-refractivity contribution >= 4 is 52.6 Å². The highest BCUT2D eigenvalue weighted by Crippen LogP contribution is 2.24. The van der Waals surface area contributed by atoms with Crippen LogP contribution in [0.5, 0.6) is 0 Å². The number of aliphatic imine (C=N–C) groups is 1. The van der Waals surface area contributed by atoms with Crippen LogP contribution in [-0.2, 0) is 0 Å². The second-order valence-corrected chi connectivity index (χ2v) is 4.47. The maximum atomic E-state index is 5.86. The number of rotatable bonds is 2. The SMILES string of the molecule is CN(C)/C=N/C(=S)Nc1ccc(Cl)c(Cl)c1. The molecule has 0 radical (unpaired) electrons. The lowest BCUT2D eigenvalue weighted by Gasteiger charge is -2.06. The van der Waals surface area contributed by atoms with E-state index < -0.39 is 0 Å². The van der Waals surface area contributed by atoms with Crippen molar-refractivity contribution in [2.45, 2.75) is 0 Å². The minimum atomic E-state index is 0.368. The van der Waals surface area contributed by atoms with Crippen molar-refractivity contribution in [1.29, 1.82) is 0 Å². The van der Waals surface area contributed by atoms with E-state index in [4.69, 9.17) is 35.4 Å². The van der Waals surface area contributed by atoms with Gasteiger partial charge in [-0.15, -0.1) is 0 Å². The van der Waals surface area contributed by atoms with Crippen LogP contribution in [0, 0.1) is 0 Å². The van der Waals surface area contributed by atoms with E-state index in [2.05, 4.69) is 10.3 Å². The van der Waals surface area contributed by atoms with Crippen molar-refractivity contribution in [2.24, 2.45) is 4.99 Å². The Labute approximate surface area is 110 Å². The molecule has 86 valence electrons. The molecular weight excluding hydrogens is 265 g/mol. The van der Waals surface area contributed by atoms with Gasteiger partial charge < -0.3 is 10.2 Å². The van der Waals surface area contributed by atoms with Gasteiger partial charge in [0.1, 0.15) is 0 Å². The van der Waals surface area contributed by atoms with E-state index in [1.807, 2.05) is 14.1 Å². The fourth-order valence-corrected chi connectivity index (χ4v) is 1.36. The number of thiocarbonyl (C=S) groups is 1. The molecule has 1 N–H and O–H groups in total. The molecule has 0 saturated carbocycles. The summed E-state index contributed by atoms with van der Waals surface area (Å²) in [5, 5.41) is 4.28. The first-order chi connectivity index (χ1) is 7.49. The average Bonchev–Trinajstić information content (AvgIpc) is 2.21. The normalized spacial score (nSPS) is 10.5. The van der Waals surface area contributed by atoms with Gasteiger partial charge in [-0.05, 0) is 30.4 Å². The minimum Gasteiger partial charge on any atom is -0.369 e. The highest BCUT2D eigenvalue weighted by molar-refractivity contribution is 7.80. The van der Waals surface area contributed by atoms with E-state index >= 15 is 0 Å². The predicted molar refractivity (Wildman–Crippen MR) is 74.9 cm³/mol. The highest BCUT2D eigenvalue weighted by Gasteiger charge is 2.00. The van der Waals surface area contributed by atoms with Crippen molar-refractivity contribution < 1.29 is 0 Å². The molecule has 6 heteroatoms. The van der Waals surface area contributed by atoms with Crippen molar-refractivity contribution in [3.05, 3.63) is 28.2 Å². The molecule has 0 aliphatic rings. The second kappa shape index (κ2) is 6.03. The smallest absolute Gasteiger partial charge is 0.198 e. The molecule has 0 fully saturated rings. The van der Waals surface area contributed by atoms with E-state index in [0.717, 1.165) is 5.69 Å². The molecule has 3 nitrogen and oxygen atoms in total. The first-order valence-corrected chi connectivity index (χ1v) is 5.62. The summed E-state index contributed by atoms with van der Waals surface area (Å²) in [4.78, 5) is 5.81. The van der Waals surface area contributed by atoms with Gasteiger partial charge in [-0.2, -0.15) is 0 Å². The number of nitrogens with one attached hydrogen (secondary N) is 1. The molecule has 0 heterocycles.